The van der Waals surface area contributed by atoms with E-state index < -0.39 is 70.8 Å². The molecular formula is C43H39B32. The molecule has 0 aliphatic heterocycles. The van der Waals surface area contributed by atoms with Gasteiger partial charge in [0.15, 0.2) is 0 Å². The fourth-order valence-electron chi connectivity index (χ4n) is 12.6. The molecule has 0 fully saturated rings. The summed E-state index contributed by atoms with van der Waals surface area (Å²) in [5.74, 6) is 0. The van der Waals surface area contributed by atoms with E-state index in [-0.39, 0.29) is 10.9 Å². The van der Waals surface area contributed by atoms with E-state index in [1.54, 1.807) is 0 Å². The summed E-state index contributed by atoms with van der Waals surface area (Å²) in [5, 5.41) is 4.59. The maximum atomic E-state index is 7.68. The standard InChI is InChI=1S/C43H39B32/c1-14-15(2)21(8)27(22(9)16(14)3)32-28-23(10)17(4)19(6)25(12)30(28)33(31-26(13)20(7)18(5)24(11)29(31)32)34-35-36(37(44)38(62-45)39(34)65(48)49)41(69(74(59)60)75(61)64-47)43(68(72(55)56)73(57)58)42(67(63-46)71(53)54)40(35)66(50)70(51)52/h1-13H3. The van der Waals surface area contributed by atoms with Crippen LogP contribution in [0.1, 0.15) is 72.3 Å². The molecule has 0 aliphatic rings. The van der Waals surface area contributed by atoms with Crippen LogP contribution in [0.5, 0.6) is 0 Å². The molecule has 0 heterocycles. The van der Waals surface area contributed by atoms with E-state index in [1.807, 2.05) is 0 Å². The molecule has 0 nitrogen and oxygen atoms in total. The average molecular weight is 902 g/mol. The molecule has 0 saturated heterocycles. The van der Waals surface area contributed by atoms with E-state index in [0.717, 1.165) is 82.7 Å². The zero-order valence-corrected chi connectivity index (χ0v) is 46.5. The second-order valence-electron chi connectivity index (χ2n) is 21.4. The summed E-state index contributed by atoms with van der Waals surface area (Å²) in [6.45, 7) is 22.4. The molecule has 75 heavy (non-hydrogen) atoms. The second-order valence-corrected chi connectivity index (χ2v) is 21.4. The number of hydrogen-bond donors (Lipinski definition) is 0. The minimum atomic E-state index is -1.27. The van der Waals surface area contributed by atoms with E-state index in [2.05, 4.69) is 90.0 Å². The largest absolute Gasteiger partial charge is 0.113 e. The zero-order valence-electron chi connectivity index (χ0n) is 46.5. The quantitative estimate of drug-likeness (QED) is 0.0674. The van der Waals surface area contributed by atoms with Gasteiger partial charge in [0.2, 0.25) is 0 Å². The minimum Gasteiger partial charge on any atom is -0.113 e. The summed E-state index contributed by atoms with van der Waals surface area (Å²) >= 11 is 0. The molecule has 0 aromatic heterocycles. The van der Waals surface area contributed by atoms with Gasteiger partial charge in [0.25, 0.3) is 0 Å². The molecule has 0 amide bonds. The molecule has 0 bridgehead atoms. The Balaban J connectivity index is 2.35. The molecular weight excluding hydrogens is 862 g/mol. The molecule has 0 aliphatic carbocycles. The summed E-state index contributed by atoms with van der Waals surface area (Å²) < 4.78 is 0. The summed E-state index contributed by atoms with van der Waals surface area (Å²) in [6, 6.07) is 0. The van der Waals surface area contributed by atoms with Gasteiger partial charge in [-0.15, -0.1) is 16.4 Å². The molecule has 307 valence electrons. The normalized spacial score (nSPS) is 11.2. The molecule has 0 atom stereocenters. The zero-order chi connectivity index (χ0) is 56.8. The van der Waals surface area contributed by atoms with E-state index in [0.29, 0.717) is 43.6 Å². The van der Waals surface area contributed by atoms with Gasteiger partial charge in [0.1, 0.15) is 7.85 Å². The van der Waals surface area contributed by atoms with Gasteiger partial charge in [-0.1, -0.05) is 21.9 Å². The Kier molecular flexibility index (Phi) is 19.7. The van der Waals surface area contributed by atoms with Crippen molar-refractivity contribution in [3.8, 4) is 22.3 Å². The van der Waals surface area contributed by atoms with Gasteiger partial charge >= 0.3 is 0 Å². The smallest absolute Gasteiger partial charge is 0.113 e. The van der Waals surface area contributed by atoms with Crippen LogP contribution in [0.4, 0.5) is 0 Å². The van der Waals surface area contributed by atoms with Crippen LogP contribution < -0.4 is 38.2 Å². The van der Waals surface area contributed by atoms with Crippen LogP contribution in [0.15, 0.2) is 0 Å². The van der Waals surface area contributed by atoms with E-state index >= 15 is 0 Å². The number of aryl methyl sites for hydroxylation is 4. The Morgan fingerprint density at radius 2 is 0.680 bits per heavy atom. The predicted octanol–water partition coefficient (Wildman–Crippen LogP) is -5.47. The summed E-state index contributed by atoms with van der Waals surface area (Å²) in [5.41, 5.74) is 20.1. The van der Waals surface area contributed by atoms with Crippen LogP contribution in [-0.4, -0.2) is 231 Å². The first-order valence-electron chi connectivity index (χ1n) is 25.6. The summed E-state index contributed by atoms with van der Waals surface area (Å²) in [7, 11) is 129. The summed E-state index contributed by atoms with van der Waals surface area (Å²) in [6.07, 6.45) is -7.38. The van der Waals surface area contributed by atoms with Gasteiger partial charge < -0.3 is 0 Å². The van der Waals surface area contributed by atoms with Crippen LogP contribution in [0.3, 0.4) is 0 Å². The topological polar surface area (TPSA) is 0 Å². The maximum absolute atomic E-state index is 7.68. The van der Waals surface area contributed by atoms with Crippen molar-refractivity contribution < 1.29 is 0 Å². The number of rotatable bonds is 16. The maximum Gasteiger partial charge on any atom is 0.113 e. The lowest BCUT2D eigenvalue weighted by Crippen LogP contribution is -2.80. The van der Waals surface area contributed by atoms with Crippen LogP contribution in [0, 0.1) is 90.0 Å². The Hall–Kier alpha value is -1.82. The highest BCUT2D eigenvalue weighted by atomic mass is 14.3. The van der Waals surface area contributed by atoms with E-state index in [9.17, 15) is 0 Å². The van der Waals surface area contributed by atoms with Crippen molar-refractivity contribution in [2.45, 2.75) is 90.0 Å². The van der Waals surface area contributed by atoms with Gasteiger partial charge in [-0.2, -0.15) is 0 Å². The van der Waals surface area contributed by atoms with Crippen molar-refractivity contribution in [2.24, 2.45) is 0 Å². The SMILES string of the molecule is [B][B]B([B])B(B([B])[B])c1c(B(B([B])[B])B([B])[B])c(B([B][B])B([B])[B])c(B([B])B([B])[B])c2c(-c3c4c(C)c(C)c(C)c(C)c4c(-c4c(C)c(C)c(C)c(C)c4C)c4c(C)c(C)c(C)c(C)c34)c(B([B])[B])c([B][B])c([B])c12. The molecule has 0 saturated carbocycles. The van der Waals surface area contributed by atoms with Crippen LogP contribution in [0.2, 0.25) is 0 Å². The van der Waals surface area contributed by atoms with Gasteiger partial charge in [0.05, 0.1) is 39.6 Å². The molecule has 0 unspecified atom stereocenters. The average Bonchev–Trinajstić information content (AvgIpc) is 3.34. The monoisotopic (exact) mass is 908 g/mol. The van der Waals surface area contributed by atoms with Crippen molar-refractivity contribution >= 4 is 302 Å². The molecule has 32 heteroatoms. The highest BCUT2D eigenvalue weighted by Gasteiger charge is 2.42. The molecule has 6 aromatic carbocycles. The molecule has 0 N–H and O–H groups in total. The fourth-order valence-corrected chi connectivity index (χ4v) is 12.6. The van der Waals surface area contributed by atoms with Crippen LogP contribution >= 0.6 is 0 Å². The third-order valence-corrected chi connectivity index (χ3v) is 17.7. The van der Waals surface area contributed by atoms with Crippen molar-refractivity contribution in [1.82, 2.24) is 0 Å². The Bertz CT molecular complexity index is 3140. The van der Waals surface area contributed by atoms with E-state index in [1.165, 1.54) is 49.1 Å². The number of benzene rings is 6. The number of fused-ring (bicyclic) bond motifs is 3. The lowest BCUT2D eigenvalue weighted by Gasteiger charge is -2.42. The lowest BCUT2D eigenvalue weighted by molar-refractivity contribution is 1.18. The summed E-state index contributed by atoms with van der Waals surface area (Å²) in [4.78, 5) is 0. The Morgan fingerprint density at radius 3 is 1.00 bits per heavy atom. The number of hydrogen-bond acceptors (Lipinski definition) is 0. The van der Waals surface area contributed by atoms with Crippen molar-refractivity contribution in [3.05, 3.63) is 72.3 Å². The first-order chi connectivity index (χ1) is 34.8. The molecule has 6 rings (SSSR count). The first kappa shape index (κ1) is 62.4. The highest BCUT2D eigenvalue weighted by molar-refractivity contribution is 7.89. The lowest BCUT2D eigenvalue weighted by atomic mass is 8.66. The fraction of sp³-hybridized carbons (Fsp3) is 0.302. The van der Waals surface area contributed by atoms with Crippen LogP contribution in [-0.2, 0) is 0 Å². The third-order valence-electron chi connectivity index (χ3n) is 17.7. The van der Waals surface area contributed by atoms with Crippen molar-refractivity contribution in [3.63, 3.8) is 0 Å². The minimum absolute atomic E-state index is 0.0890. The highest BCUT2D eigenvalue weighted by Crippen LogP contribution is 2.52. The molecule has 39 radical (unpaired) electrons. The Morgan fingerprint density at radius 1 is 0.307 bits per heavy atom. The predicted molar refractivity (Wildman–Crippen MR) is 373 cm³/mol. The molecule has 0 spiro atoms. The van der Waals surface area contributed by atoms with E-state index in [4.69, 9.17) is 139 Å². The van der Waals surface area contributed by atoms with Gasteiger partial charge in [0, 0.05) is 184 Å². The Labute approximate surface area is 483 Å². The van der Waals surface area contributed by atoms with Gasteiger partial charge in [-0.25, -0.2) is 0 Å². The second kappa shape index (κ2) is 23.7. The third kappa shape index (κ3) is 10.0. The first-order valence-corrected chi connectivity index (χ1v) is 25.6. The molecule has 6 aromatic rings. The van der Waals surface area contributed by atoms with Gasteiger partial charge in [-0.3, -0.25) is 0 Å². The van der Waals surface area contributed by atoms with Crippen LogP contribution in [0.25, 0.3) is 54.6 Å². The van der Waals surface area contributed by atoms with Crippen molar-refractivity contribution in [1.29, 1.82) is 0 Å². The van der Waals surface area contributed by atoms with Gasteiger partial charge in [-0.05, 0) is 217 Å². The van der Waals surface area contributed by atoms with Crippen molar-refractivity contribution in [2.75, 3.05) is 0 Å².